The predicted octanol–water partition coefficient (Wildman–Crippen LogP) is 2.15. The van der Waals surface area contributed by atoms with Gasteiger partial charge in [-0.1, -0.05) is 13.8 Å². The zero-order valence-electron chi connectivity index (χ0n) is 11.2. The molecule has 19 heavy (non-hydrogen) atoms. The van der Waals surface area contributed by atoms with E-state index in [9.17, 15) is 0 Å². The van der Waals surface area contributed by atoms with Crippen LogP contribution < -0.4 is 10.1 Å². The van der Waals surface area contributed by atoms with Crippen molar-refractivity contribution < 1.29 is 9.47 Å². The first-order chi connectivity index (χ1) is 9.19. The molecule has 0 aliphatic carbocycles. The van der Waals surface area contributed by atoms with E-state index >= 15 is 0 Å². The molecule has 1 aliphatic heterocycles. The Balaban J connectivity index is 2.04. The Morgan fingerprint density at radius 2 is 2.26 bits per heavy atom. The summed E-state index contributed by atoms with van der Waals surface area (Å²) in [6, 6.07) is 0.551. The highest BCUT2D eigenvalue weighted by atomic mass is 35.5. The van der Waals surface area contributed by atoms with E-state index in [0.29, 0.717) is 18.5 Å². The monoisotopic (exact) mass is 286 g/mol. The second-order valence-corrected chi connectivity index (χ2v) is 4.99. The molecule has 2 rings (SSSR count). The average molecular weight is 287 g/mol. The summed E-state index contributed by atoms with van der Waals surface area (Å²) >= 11 is 5.88. The van der Waals surface area contributed by atoms with Gasteiger partial charge < -0.3 is 14.8 Å². The van der Waals surface area contributed by atoms with E-state index in [-0.39, 0.29) is 17.3 Å². The van der Waals surface area contributed by atoms with Crippen molar-refractivity contribution in [3.8, 4) is 6.01 Å². The number of hydrogen-bond donors (Lipinski definition) is 1. The van der Waals surface area contributed by atoms with Crippen LogP contribution in [0.4, 0.5) is 5.95 Å². The number of ether oxygens (including phenoxy) is 2. The molecule has 0 amide bonds. The van der Waals surface area contributed by atoms with E-state index in [1.807, 2.05) is 6.92 Å². The molecule has 106 valence electrons. The second-order valence-electron chi connectivity index (χ2n) is 4.65. The number of nitrogens with zero attached hydrogens (tertiary/aromatic N) is 3. The molecule has 1 aromatic heterocycles. The SMILES string of the molecule is CCCOc1nc(Cl)nc(NC2CCOCC2C)n1. The lowest BCUT2D eigenvalue weighted by atomic mass is 9.98. The summed E-state index contributed by atoms with van der Waals surface area (Å²) in [5.41, 5.74) is 0. The fraction of sp³-hybridized carbons (Fsp3) is 0.750. The molecule has 7 heteroatoms. The van der Waals surface area contributed by atoms with Gasteiger partial charge in [0.1, 0.15) is 0 Å². The molecule has 1 saturated heterocycles. The fourth-order valence-corrected chi connectivity index (χ4v) is 2.07. The van der Waals surface area contributed by atoms with Gasteiger partial charge in [0.25, 0.3) is 0 Å². The molecule has 1 N–H and O–H groups in total. The zero-order valence-corrected chi connectivity index (χ0v) is 12.0. The normalized spacial score (nSPS) is 23.1. The minimum atomic E-state index is 0.142. The lowest BCUT2D eigenvalue weighted by molar-refractivity contribution is 0.0536. The van der Waals surface area contributed by atoms with Gasteiger partial charge in [-0.15, -0.1) is 0 Å². The maximum absolute atomic E-state index is 5.88. The zero-order chi connectivity index (χ0) is 13.7. The number of nitrogens with one attached hydrogen (secondary N) is 1. The minimum Gasteiger partial charge on any atom is -0.463 e. The largest absolute Gasteiger partial charge is 0.463 e. The third kappa shape index (κ3) is 4.18. The molecule has 1 aromatic rings. The van der Waals surface area contributed by atoms with Crippen molar-refractivity contribution in [3.05, 3.63) is 5.28 Å². The lowest BCUT2D eigenvalue weighted by Gasteiger charge is -2.29. The first-order valence-corrected chi connectivity index (χ1v) is 6.95. The van der Waals surface area contributed by atoms with Crippen LogP contribution in [-0.2, 0) is 4.74 Å². The first-order valence-electron chi connectivity index (χ1n) is 6.57. The molecular weight excluding hydrogens is 268 g/mol. The van der Waals surface area contributed by atoms with Crippen molar-refractivity contribution in [2.75, 3.05) is 25.1 Å². The molecular formula is C12H19ClN4O2. The van der Waals surface area contributed by atoms with Gasteiger partial charge in [-0.3, -0.25) is 0 Å². The molecule has 0 radical (unpaired) electrons. The Bertz CT molecular complexity index is 419. The summed E-state index contributed by atoms with van der Waals surface area (Å²) < 4.78 is 10.8. The Hall–Kier alpha value is -1.14. The lowest BCUT2D eigenvalue weighted by Crippen LogP contribution is -2.36. The first kappa shape index (κ1) is 14.3. The molecule has 1 aliphatic rings. The molecule has 2 unspecified atom stereocenters. The quantitative estimate of drug-likeness (QED) is 0.894. The molecule has 0 spiro atoms. The average Bonchev–Trinajstić information content (AvgIpc) is 2.38. The molecule has 1 fully saturated rings. The summed E-state index contributed by atoms with van der Waals surface area (Å²) in [5.74, 6) is 0.870. The van der Waals surface area contributed by atoms with E-state index in [4.69, 9.17) is 21.1 Å². The van der Waals surface area contributed by atoms with Crippen LogP contribution in [0.15, 0.2) is 0 Å². The van der Waals surface area contributed by atoms with Gasteiger partial charge in [-0.05, 0) is 30.4 Å². The van der Waals surface area contributed by atoms with Crippen molar-refractivity contribution in [1.29, 1.82) is 0 Å². The Morgan fingerprint density at radius 1 is 1.42 bits per heavy atom. The number of rotatable bonds is 5. The van der Waals surface area contributed by atoms with Crippen molar-refractivity contribution in [3.63, 3.8) is 0 Å². The van der Waals surface area contributed by atoms with Gasteiger partial charge in [-0.25, -0.2) is 0 Å². The fourth-order valence-electron chi connectivity index (χ4n) is 1.91. The van der Waals surface area contributed by atoms with Crippen LogP contribution in [0.3, 0.4) is 0 Å². The highest BCUT2D eigenvalue weighted by molar-refractivity contribution is 6.28. The van der Waals surface area contributed by atoms with Gasteiger partial charge >= 0.3 is 6.01 Å². The summed E-state index contributed by atoms with van der Waals surface area (Å²) in [6.45, 7) is 6.21. The Morgan fingerprint density at radius 3 is 3.00 bits per heavy atom. The Kier molecular flexibility index (Phi) is 5.15. The summed E-state index contributed by atoms with van der Waals surface area (Å²) in [4.78, 5) is 12.2. The maximum Gasteiger partial charge on any atom is 0.322 e. The van der Waals surface area contributed by atoms with Gasteiger partial charge in [0.05, 0.1) is 13.2 Å². The van der Waals surface area contributed by atoms with E-state index < -0.39 is 0 Å². The van der Waals surface area contributed by atoms with Crippen molar-refractivity contribution in [2.24, 2.45) is 5.92 Å². The third-order valence-electron chi connectivity index (χ3n) is 2.98. The molecule has 0 aromatic carbocycles. The van der Waals surface area contributed by atoms with E-state index in [1.165, 1.54) is 0 Å². The standard InChI is InChI=1S/C12H19ClN4O2/c1-3-5-19-12-16-10(13)15-11(17-12)14-9-4-6-18-7-8(9)2/h8-9H,3-7H2,1-2H3,(H,14,15,16,17). The van der Waals surface area contributed by atoms with Gasteiger partial charge in [0.2, 0.25) is 11.2 Å². The van der Waals surface area contributed by atoms with Crippen LogP contribution in [-0.4, -0.2) is 40.8 Å². The van der Waals surface area contributed by atoms with Crippen molar-refractivity contribution in [1.82, 2.24) is 15.0 Å². The number of halogens is 1. The third-order valence-corrected chi connectivity index (χ3v) is 3.15. The summed E-state index contributed by atoms with van der Waals surface area (Å²) in [6.07, 6.45) is 1.82. The molecule has 0 saturated carbocycles. The van der Waals surface area contributed by atoms with Crippen LogP contribution >= 0.6 is 11.6 Å². The molecule has 2 atom stereocenters. The molecule has 0 bridgehead atoms. The smallest absolute Gasteiger partial charge is 0.322 e. The topological polar surface area (TPSA) is 69.2 Å². The van der Waals surface area contributed by atoms with Crippen LogP contribution in [0.5, 0.6) is 6.01 Å². The van der Waals surface area contributed by atoms with Crippen molar-refractivity contribution in [2.45, 2.75) is 32.7 Å². The van der Waals surface area contributed by atoms with Crippen LogP contribution in [0.2, 0.25) is 5.28 Å². The maximum atomic E-state index is 5.88. The van der Waals surface area contributed by atoms with Crippen LogP contribution in [0, 0.1) is 5.92 Å². The minimum absolute atomic E-state index is 0.142. The summed E-state index contributed by atoms with van der Waals surface area (Å²) in [7, 11) is 0. The van der Waals surface area contributed by atoms with E-state index in [0.717, 1.165) is 26.1 Å². The molecule has 6 nitrogen and oxygen atoms in total. The van der Waals surface area contributed by atoms with Gasteiger partial charge in [0.15, 0.2) is 0 Å². The Labute approximate surface area is 117 Å². The summed E-state index contributed by atoms with van der Waals surface area (Å²) in [5, 5.41) is 3.42. The van der Waals surface area contributed by atoms with Gasteiger partial charge in [0, 0.05) is 12.6 Å². The predicted molar refractivity (Wildman–Crippen MR) is 72.6 cm³/mol. The number of anilines is 1. The highest BCUT2D eigenvalue weighted by Crippen LogP contribution is 2.19. The number of hydrogen-bond acceptors (Lipinski definition) is 6. The van der Waals surface area contributed by atoms with Crippen LogP contribution in [0.1, 0.15) is 26.7 Å². The van der Waals surface area contributed by atoms with E-state index in [2.05, 4.69) is 27.2 Å². The van der Waals surface area contributed by atoms with Gasteiger partial charge in [-0.2, -0.15) is 15.0 Å². The van der Waals surface area contributed by atoms with Crippen molar-refractivity contribution >= 4 is 17.5 Å². The highest BCUT2D eigenvalue weighted by Gasteiger charge is 2.22. The van der Waals surface area contributed by atoms with Crippen LogP contribution in [0.25, 0.3) is 0 Å². The number of aromatic nitrogens is 3. The molecule has 2 heterocycles. The van der Waals surface area contributed by atoms with E-state index in [1.54, 1.807) is 0 Å². The second kappa shape index (κ2) is 6.86.